The fraction of sp³-hybridized carbons (Fsp3) is 0.571. The van der Waals surface area contributed by atoms with Crippen molar-refractivity contribution in [1.82, 2.24) is 9.62 Å². The average Bonchev–Trinajstić information content (AvgIpc) is 3.69. The average molecular weight is 674 g/mol. The molecule has 0 bridgehead atoms. The molecule has 3 aliphatic rings. The molecular weight excluding hydrogens is 636 g/mol. The molecule has 2 aromatic carbocycles. The number of nitrogens with zero attached hydrogens (tertiary/aromatic N) is 1. The predicted octanol–water partition coefficient (Wildman–Crippen LogP) is 2.40. The number of sulfone groups is 1. The minimum Gasteiger partial charge on any atom is -0.491 e. The van der Waals surface area contributed by atoms with E-state index in [9.17, 15) is 27.0 Å². The monoisotopic (exact) mass is 672 g/mol. The standard InChI is InChI=1S/C28H37BrN2O8S2/c1-20-25(29)6-3-7-26(20)41(36,37)31-12-10-27(11-13-31)15-21(17-39-27)30-16-22(33)18-38-23-4-2-5-24(14-23)40(34,35)28(19-32)8-9-28/h2-7,14,21-22,30,32-33H,8-13,15-19H2,1H3/t21-,22?/m1/s1. The normalized spacial score (nSPS) is 23.0. The van der Waals surface area contributed by atoms with Gasteiger partial charge in [0.1, 0.15) is 18.5 Å². The van der Waals surface area contributed by atoms with Crippen LogP contribution < -0.4 is 10.1 Å². The van der Waals surface area contributed by atoms with Crippen molar-refractivity contribution in [3.05, 3.63) is 52.5 Å². The Morgan fingerprint density at radius 3 is 2.51 bits per heavy atom. The van der Waals surface area contributed by atoms with Crippen LogP contribution in [0.1, 0.15) is 37.7 Å². The summed E-state index contributed by atoms with van der Waals surface area (Å²) in [4.78, 5) is 0.421. The van der Waals surface area contributed by atoms with Gasteiger partial charge in [-0.1, -0.05) is 28.1 Å². The third kappa shape index (κ3) is 6.23. The summed E-state index contributed by atoms with van der Waals surface area (Å²) in [6.07, 6.45) is 1.96. The van der Waals surface area contributed by atoms with Gasteiger partial charge in [-0.15, -0.1) is 0 Å². The minimum atomic E-state index is -3.66. The second-order valence-electron chi connectivity index (χ2n) is 11.4. The van der Waals surface area contributed by atoms with Gasteiger partial charge in [0.05, 0.1) is 33.4 Å². The van der Waals surface area contributed by atoms with Crippen molar-refractivity contribution in [2.24, 2.45) is 0 Å². The maximum absolute atomic E-state index is 13.3. The Balaban J connectivity index is 1.08. The first-order valence-electron chi connectivity index (χ1n) is 13.8. The SMILES string of the molecule is Cc1c(Br)cccc1S(=O)(=O)N1CCC2(CC1)C[C@@H](NCC(O)COc1cccc(S(=O)(=O)C3(CO)CC3)c1)CO2. The highest BCUT2D eigenvalue weighted by Gasteiger charge is 2.54. The minimum absolute atomic E-state index is 0.0156. The van der Waals surface area contributed by atoms with E-state index in [2.05, 4.69) is 21.2 Å². The molecule has 2 saturated heterocycles. The first-order chi connectivity index (χ1) is 19.4. The van der Waals surface area contributed by atoms with Gasteiger partial charge in [-0.3, -0.25) is 0 Å². The molecule has 5 rings (SSSR count). The smallest absolute Gasteiger partial charge is 0.243 e. The molecule has 2 aliphatic heterocycles. The van der Waals surface area contributed by atoms with Crippen LogP contribution in [-0.2, 0) is 24.6 Å². The lowest BCUT2D eigenvalue weighted by atomic mass is 9.88. The fourth-order valence-corrected chi connectivity index (χ4v) is 9.68. The van der Waals surface area contributed by atoms with E-state index in [4.69, 9.17) is 9.47 Å². The summed E-state index contributed by atoms with van der Waals surface area (Å²) in [5, 5.41) is 23.4. The van der Waals surface area contributed by atoms with Gasteiger partial charge in [-0.25, -0.2) is 16.8 Å². The third-order valence-electron chi connectivity index (χ3n) is 8.54. The van der Waals surface area contributed by atoms with Crippen molar-refractivity contribution in [2.45, 2.75) is 71.3 Å². The molecular formula is C28H37BrN2O8S2. The molecule has 3 N–H and O–H groups in total. The largest absolute Gasteiger partial charge is 0.491 e. The topological polar surface area (TPSA) is 142 Å². The molecule has 2 atom stereocenters. The molecule has 1 aliphatic carbocycles. The van der Waals surface area contributed by atoms with Crippen LogP contribution >= 0.6 is 15.9 Å². The Bertz CT molecular complexity index is 1470. The number of hydrogen-bond acceptors (Lipinski definition) is 9. The summed E-state index contributed by atoms with van der Waals surface area (Å²) in [6.45, 7) is 2.86. The van der Waals surface area contributed by atoms with Gasteiger partial charge in [0.15, 0.2) is 9.84 Å². The molecule has 0 amide bonds. The highest BCUT2D eigenvalue weighted by molar-refractivity contribution is 9.10. The summed E-state index contributed by atoms with van der Waals surface area (Å²) in [5.41, 5.74) is 0.305. The number of aliphatic hydroxyl groups excluding tert-OH is 2. The van der Waals surface area contributed by atoms with E-state index in [-0.39, 0.29) is 24.1 Å². The van der Waals surface area contributed by atoms with Crippen molar-refractivity contribution >= 4 is 35.8 Å². The summed E-state index contributed by atoms with van der Waals surface area (Å²) < 4.78 is 65.3. The second kappa shape index (κ2) is 11.8. The van der Waals surface area contributed by atoms with Gasteiger partial charge in [0.25, 0.3) is 0 Å². The van der Waals surface area contributed by atoms with Gasteiger partial charge in [0.2, 0.25) is 10.0 Å². The molecule has 0 radical (unpaired) electrons. The van der Waals surface area contributed by atoms with Gasteiger partial charge in [-0.2, -0.15) is 4.31 Å². The Labute approximate surface area is 250 Å². The van der Waals surface area contributed by atoms with Crippen molar-refractivity contribution in [1.29, 1.82) is 0 Å². The van der Waals surface area contributed by atoms with Crippen LogP contribution in [0.3, 0.4) is 0 Å². The highest BCUT2D eigenvalue weighted by atomic mass is 79.9. The van der Waals surface area contributed by atoms with Crippen molar-refractivity contribution in [3.8, 4) is 5.75 Å². The van der Waals surface area contributed by atoms with Crippen LogP contribution in [0.4, 0.5) is 0 Å². The van der Waals surface area contributed by atoms with E-state index in [1.165, 1.54) is 16.4 Å². The Morgan fingerprint density at radius 2 is 1.83 bits per heavy atom. The predicted molar refractivity (Wildman–Crippen MR) is 156 cm³/mol. The van der Waals surface area contributed by atoms with E-state index in [0.717, 1.165) is 10.9 Å². The van der Waals surface area contributed by atoms with Crippen LogP contribution in [0, 0.1) is 6.92 Å². The van der Waals surface area contributed by atoms with Crippen LogP contribution in [0.15, 0.2) is 56.7 Å². The number of rotatable bonds is 11. The zero-order valence-electron chi connectivity index (χ0n) is 23.0. The van der Waals surface area contributed by atoms with Crippen molar-refractivity contribution in [2.75, 3.05) is 39.5 Å². The Morgan fingerprint density at radius 1 is 1.12 bits per heavy atom. The summed E-state index contributed by atoms with van der Waals surface area (Å²) >= 11 is 3.42. The molecule has 3 fully saturated rings. The number of halogens is 1. The first-order valence-corrected chi connectivity index (χ1v) is 17.5. The Kier molecular flexibility index (Phi) is 8.91. The molecule has 226 valence electrons. The maximum atomic E-state index is 13.3. The highest BCUT2D eigenvalue weighted by Crippen LogP contribution is 2.46. The van der Waals surface area contributed by atoms with E-state index in [1.807, 2.05) is 6.07 Å². The second-order valence-corrected chi connectivity index (χ2v) is 16.5. The number of hydrogen-bond donors (Lipinski definition) is 3. The van der Waals surface area contributed by atoms with Gasteiger partial charge >= 0.3 is 0 Å². The van der Waals surface area contributed by atoms with E-state index in [1.54, 1.807) is 31.2 Å². The molecule has 0 aromatic heterocycles. The van der Waals surface area contributed by atoms with Crippen LogP contribution in [0.25, 0.3) is 0 Å². The van der Waals surface area contributed by atoms with E-state index in [0.29, 0.717) is 61.6 Å². The van der Waals surface area contributed by atoms with Gasteiger partial charge in [-0.05, 0) is 74.9 Å². The lowest BCUT2D eigenvalue weighted by Gasteiger charge is -2.38. The Hall–Kier alpha value is -1.58. The van der Waals surface area contributed by atoms with Crippen LogP contribution in [0.5, 0.6) is 5.75 Å². The molecule has 41 heavy (non-hydrogen) atoms. The molecule has 1 unspecified atom stereocenters. The molecule has 13 heteroatoms. The third-order valence-corrected chi connectivity index (χ3v) is 14.0. The number of nitrogens with one attached hydrogen (secondary N) is 1. The number of piperidine rings is 1. The number of benzene rings is 2. The molecule has 1 spiro atoms. The first kappa shape index (κ1) is 30.9. The summed E-state index contributed by atoms with van der Waals surface area (Å²) in [6, 6.07) is 11.4. The lowest BCUT2D eigenvalue weighted by Crippen LogP contribution is -2.47. The molecule has 2 heterocycles. The number of aliphatic hydroxyl groups is 2. The quantitative estimate of drug-likeness (QED) is 0.328. The fourth-order valence-electron chi connectivity index (χ4n) is 5.65. The van der Waals surface area contributed by atoms with Crippen molar-refractivity contribution in [3.63, 3.8) is 0 Å². The van der Waals surface area contributed by atoms with Crippen LogP contribution in [0.2, 0.25) is 0 Å². The zero-order chi connectivity index (χ0) is 29.5. The van der Waals surface area contributed by atoms with Gasteiger partial charge in [0, 0.05) is 30.1 Å². The van der Waals surface area contributed by atoms with Crippen molar-refractivity contribution < 1.29 is 36.5 Å². The lowest BCUT2D eigenvalue weighted by molar-refractivity contribution is -0.0312. The van der Waals surface area contributed by atoms with E-state index >= 15 is 0 Å². The number of sulfonamides is 1. The molecule has 10 nitrogen and oxygen atoms in total. The maximum Gasteiger partial charge on any atom is 0.243 e. The molecule has 1 saturated carbocycles. The zero-order valence-corrected chi connectivity index (χ0v) is 26.2. The van der Waals surface area contributed by atoms with Crippen LogP contribution in [-0.4, -0.2) is 93.3 Å². The number of ether oxygens (including phenoxy) is 2. The molecule has 2 aromatic rings. The summed E-state index contributed by atoms with van der Waals surface area (Å²) in [7, 11) is -7.26. The summed E-state index contributed by atoms with van der Waals surface area (Å²) in [5.74, 6) is 0.335. The van der Waals surface area contributed by atoms with Gasteiger partial charge < -0.3 is 25.0 Å². The van der Waals surface area contributed by atoms with E-state index < -0.39 is 42.9 Å².